The third-order valence-electron chi connectivity index (χ3n) is 4.58. The van der Waals surface area contributed by atoms with Crippen LogP contribution >= 0.6 is 11.3 Å². The van der Waals surface area contributed by atoms with Crippen LogP contribution in [0.2, 0.25) is 0 Å². The molecule has 1 aromatic carbocycles. The Morgan fingerprint density at radius 2 is 2.08 bits per heavy atom. The lowest BCUT2D eigenvalue weighted by molar-refractivity contribution is 0.0898. The minimum Gasteiger partial charge on any atom is -0.494 e. The van der Waals surface area contributed by atoms with E-state index in [9.17, 15) is 4.79 Å². The van der Waals surface area contributed by atoms with Gasteiger partial charge in [0.1, 0.15) is 10.8 Å². The number of benzene rings is 1. The summed E-state index contributed by atoms with van der Waals surface area (Å²) in [5.74, 6) is 0.802. The third kappa shape index (κ3) is 3.31. The van der Waals surface area contributed by atoms with Gasteiger partial charge in [0.25, 0.3) is 5.91 Å². The van der Waals surface area contributed by atoms with Gasteiger partial charge in [-0.2, -0.15) is 0 Å². The van der Waals surface area contributed by atoms with Gasteiger partial charge in [-0.1, -0.05) is 12.8 Å². The second-order valence-electron chi connectivity index (χ2n) is 6.45. The number of carbonyl (C=O) groups is 1. The highest BCUT2D eigenvalue weighted by Gasteiger charge is 2.39. The highest BCUT2D eigenvalue weighted by Crippen LogP contribution is 2.40. The lowest BCUT2D eigenvalue weighted by atomic mass is 9.97. The van der Waals surface area contributed by atoms with E-state index in [4.69, 9.17) is 4.74 Å². The van der Waals surface area contributed by atoms with Crippen LogP contribution in [0.25, 0.3) is 0 Å². The van der Waals surface area contributed by atoms with Crippen molar-refractivity contribution in [3.8, 4) is 5.75 Å². The normalized spacial score (nSPS) is 16.1. The number of nitrogens with zero attached hydrogens (tertiary/aromatic N) is 1. The molecule has 0 unspecified atom stereocenters. The standard InChI is InChI=1S/C19H24N2O2S/c1-4-23-16-8-7-15(11-13(16)2)17(22)21-19(9-5-6-10-19)18-20-14(3)12-24-18/h7-8,11-12H,4-6,9-10H2,1-3H3,(H,21,22). The second-order valence-corrected chi connectivity index (χ2v) is 7.31. The van der Waals surface area contributed by atoms with Gasteiger partial charge in [0.05, 0.1) is 12.1 Å². The van der Waals surface area contributed by atoms with Crippen molar-refractivity contribution in [2.75, 3.05) is 6.61 Å². The van der Waals surface area contributed by atoms with E-state index in [1.54, 1.807) is 11.3 Å². The molecule has 0 saturated heterocycles. The largest absolute Gasteiger partial charge is 0.494 e. The summed E-state index contributed by atoms with van der Waals surface area (Å²) in [6.07, 6.45) is 4.17. The molecule has 1 aromatic heterocycles. The van der Waals surface area contributed by atoms with E-state index in [1.807, 2.05) is 39.0 Å². The zero-order valence-electron chi connectivity index (χ0n) is 14.5. The summed E-state index contributed by atoms with van der Waals surface area (Å²) >= 11 is 1.65. The molecule has 1 heterocycles. The quantitative estimate of drug-likeness (QED) is 0.877. The number of hydrogen-bond donors (Lipinski definition) is 1. The van der Waals surface area contributed by atoms with E-state index >= 15 is 0 Å². The molecule has 24 heavy (non-hydrogen) atoms. The van der Waals surface area contributed by atoms with Crippen LogP contribution in [0.1, 0.15) is 59.2 Å². The molecule has 0 aliphatic heterocycles. The first kappa shape index (κ1) is 17.0. The first-order valence-corrected chi connectivity index (χ1v) is 9.40. The number of hydrogen-bond acceptors (Lipinski definition) is 4. The fraction of sp³-hybridized carbons (Fsp3) is 0.474. The number of carbonyl (C=O) groups excluding carboxylic acids is 1. The van der Waals surface area contributed by atoms with E-state index < -0.39 is 0 Å². The molecule has 3 rings (SSSR count). The molecule has 0 bridgehead atoms. The average Bonchev–Trinajstić information content (AvgIpc) is 3.19. The van der Waals surface area contributed by atoms with Crippen molar-refractivity contribution >= 4 is 17.2 Å². The maximum Gasteiger partial charge on any atom is 0.252 e. The fourth-order valence-corrected chi connectivity index (χ4v) is 4.35. The van der Waals surface area contributed by atoms with Crippen LogP contribution in [-0.4, -0.2) is 17.5 Å². The topological polar surface area (TPSA) is 51.2 Å². The summed E-state index contributed by atoms with van der Waals surface area (Å²) in [6.45, 7) is 6.55. The molecule has 2 aromatic rings. The van der Waals surface area contributed by atoms with Crippen molar-refractivity contribution in [2.45, 2.75) is 52.0 Å². The van der Waals surface area contributed by atoms with Gasteiger partial charge in [-0.25, -0.2) is 4.98 Å². The Hall–Kier alpha value is -1.88. The van der Waals surface area contributed by atoms with Crippen LogP contribution in [0.15, 0.2) is 23.6 Å². The second kappa shape index (κ2) is 6.93. The van der Waals surface area contributed by atoms with E-state index in [0.717, 1.165) is 47.7 Å². The highest BCUT2D eigenvalue weighted by atomic mass is 32.1. The predicted octanol–water partition coefficient (Wildman–Crippen LogP) is 4.36. The minimum atomic E-state index is -0.303. The van der Waals surface area contributed by atoms with Crippen LogP contribution in [0.5, 0.6) is 5.75 Å². The first-order valence-electron chi connectivity index (χ1n) is 8.52. The van der Waals surface area contributed by atoms with Crippen molar-refractivity contribution < 1.29 is 9.53 Å². The number of amides is 1. The van der Waals surface area contributed by atoms with Crippen LogP contribution in [0, 0.1) is 13.8 Å². The molecule has 0 atom stereocenters. The number of aromatic nitrogens is 1. The Bertz CT molecular complexity index is 733. The van der Waals surface area contributed by atoms with Crippen LogP contribution in [0.4, 0.5) is 0 Å². The Kier molecular flexibility index (Phi) is 4.90. The monoisotopic (exact) mass is 344 g/mol. The minimum absolute atomic E-state index is 0.0316. The molecule has 1 saturated carbocycles. The Morgan fingerprint density at radius 1 is 1.33 bits per heavy atom. The van der Waals surface area contributed by atoms with Gasteiger partial charge in [-0.05, 0) is 57.4 Å². The Morgan fingerprint density at radius 3 is 2.67 bits per heavy atom. The van der Waals surface area contributed by atoms with Crippen LogP contribution in [0.3, 0.4) is 0 Å². The summed E-state index contributed by atoms with van der Waals surface area (Å²) in [6, 6.07) is 5.61. The van der Waals surface area contributed by atoms with Gasteiger partial charge < -0.3 is 10.1 Å². The summed E-state index contributed by atoms with van der Waals surface area (Å²) in [4.78, 5) is 17.5. The van der Waals surface area contributed by atoms with Crippen molar-refractivity contribution in [3.05, 3.63) is 45.4 Å². The zero-order valence-corrected chi connectivity index (χ0v) is 15.3. The van der Waals surface area contributed by atoms with Gasteiger partial charge in [0.2, 0.25) is 0 Å². The highest BCUT2D eigenvalue weighted by molar-refractivity contribution is 7.09. The number of aryl methyl sites for hydroxylation is 2. The molecule has 1 aliphatic rings. The number of thiazole rings is 1. The van der Waals surface area contributed by atoms with Gasteiger partial charge in [0, 0.05) is 16.6 Å². The van der Waals surface area contributed by atoms with Gasteiger partial charge >= 0.3 is 0 Å². The van der Waals surface area contributed by atoms with Crippen LogP contribution < -0.4 is 10.1 Å². The number of rotatable bonds is 5. The lowest BCUT2D eigenvalue weighted by Crippen LogP contribution is -2.43. The van der Waals surface area contributed by atoms with Gasteiger partial charge in [-0.15, -0.1) is 11.3 Å². The van der Waals surface area contributed by atoms with Crippen molar-refractivity contribution in [2.24, 2.45) is 0 Å². The lowest BCUT2D eigenvalue weighted by Gasteiger charge is -2.28. The summed E-state index contributed by atoms with van der Waals surface area (Å²) in [5, 5.41) is 6.38. The fourth-order valence-electron chi connectivity index (χ4n) is 3.34. The molecule has 5 heteroatoms. The SMILES string of the molecule is CCOc1ccc(C(=O)NC2(c3nc(C)cs3)CCCC2)cc1C. The Labute approximate surface area is 147 Å². The van der Waals surface area contributed by atoms with E-state index in [-0.39, 0.29) is 11.4 Å². The molecule has 1 amide bonds. The summed E-state index contributed by atoms with van der Waals surface area (Å²) in [5.41, 5.74) is 2.38. The Balaban J connectivity index is 1.83. The maximum atomic E-state index is 12.8. The molecular weight excluding hydrogens is 320 g/mol. The molecule has 0 spiro atoms. The summed E-state index contributed by atoms with van der Waals surface area (Å²) < 4.78 is 5.56. The smallest absolute Gasteiger partial charge is 0.252 e. The number of ether oxygens (including phenoxy) is 1. The van der Waals surface area contributed by atoms with Crippen LogP contribution in [-0.2, 0) is 5.54 Å². The molecule has 1 N–H and O–H groups in total. The molecule has 1 aliphatic carbocycles. The molecule has 128 valence electrons. The average molecular weight is 344 g/mol. The third-order valence-corrected chi connectivity index (χ3v) is 5.74. The van der Waals surface area contributed by atoms with E-state index in [0.29, 0.717) is 12.2 Å². The predicted molar refractivity (Wildman–Crippen MR) is 96.8 cm³/mol. The maximum absolute atomic E-state index is 12.8. The van der Waals surface area contributed by atoms with Gasteiger partial charge in [0.15, 0.2) is 0 Å². The van der Waals surface area contributed by atoms with Crippen molar-refractivity contribution in [1.29, 1.82) is 0 Å². The zero-order chi connectivity index (χ0) is 17.2. The summed E-state index contributed by atoms with van der Waals surface area (Å²) in [7, 11) is 0. The number of nitrogens with one attached hydrogen (secondary N) is 1. The molecule has 1 fully saturated rings. The molecule has 4 nitrogen and oxygen atoms in total. The molecule has 0 radical (unpaired) electrons. The van der Waals surface area contributed by atoms with E-state index in [1.165, 1.54) is 0 Å². The van der Waals surface area contributed by atoms with Crippen molar-refractivity contribution in [3.63, 3.8) is 0 Å². The van der Waals surface area contributed by atoms with Crippen molar-refractivity contribution in [1.82, 2.24) is 10.3 Å². The van der Waals surface area contributed by atoms with E-state index in [2.05, 4.69) is 15.7 Å². The molecular formula is C19H24N2O2S. The first-order chi connectivity index (χ1) is 11.5. The van der Waals surface area contributed by atoms with Gasteiger partial charge in [-0.3, -0.25) is 4.79 Å².